The molecule has 0 bridgehead atoms. The SMILES string of the molecule is NC(=O)c1cc(F)cc(F)c1Cl. The highest BCUT2D eigenvalue weighted by Crippen LogP contribution is 2.20. The third-order valence-corrected chi connectivity index (χ3v) is 1.64. The van der Waals surface area contributed by atoms with Crippen LogP contribution in [0.1, 0.15) is 10.4 Å². The number of carbonyl (C=O) groups excluding carboxylic acids is 1. The second-order valence-corrected chi connectivity index (χ2v) is 2.49. The van der Waals surface area contributed by atoms with Gasteiger partial charge < -0.3 is 5.73 Å². The highest BCUT2D eigenvalue weighted by atomic mass is 35.5. The first kappa shape index (κ1) is 8.93. The Kier molecular flexibility index (Phi) is 2.28. The molecule has 0 spiro atoms. The van der Waals surface area contributed by atoms with Gasteiger partial charge in [-0.2, -0.15) is 0 Å². The lowest BCUT2D eigenvalue weighted by molar-refractivity contribution is 0.0999. The predicted octanol–water partition coefficient (Wildman–Crippen LogP) is 1.72. The second kappa shape index (κ2) is 3.06. The number of halogens is 3. The van der Waals surface area contributed by atoms with Crippen LogP contribution in [0, 0.1) is 11.6 Å². The van der Waals surface area contributed by atoms with Crippen molar-refractivity contribution in [2.24, 2.45) is 5.73 Å². The molecule has 0 saturated heterocycles. The van der Waals surface area contributed by atoms with Crippen LogP contribution in [0.2, 0.25) is 5.02 Å². The van der Waals surface area contributed by atoms with Crippen LogP contribution >= 0.6 is 11.6 Å². The number of amides is 1. The lowest BCUT2D eigenvalue weighted by Crippen LogP contribution is -2.12. The molecule has 1 rings (SSSR count). The first-order valence-corrected chi connectivity index (χ1v) is 3.34. The fourth-order valence-corrected chi connectivity index (χ4v) is 0.938. The van der Waals surface area contributed by atoms with Gasteiger partial charge in [0.1, 0.15) is 11.6 Å². The molecule has 0 unspecified atom stereocenters. The van der Waals surface area contributed by atoms with Gasteiger partial charge in [0, 0.05) is 6.07 Å². The quantitative estimate of drug-likeness (QED) is 0.675. The summed E-state index contributed by atoms with van der Waals surface area (Å²) in [5.41, 5.74) is 4.44. The van der Waals surface area contributed by atoms with Crippen LogP contribution < -0.4 is 5.73 Å². The summed E-state index contributed by atoms with van der Waals surface area (Å²) in [6, 6.07) is 1.36. The molecule has 2 nitrogen and oxygen atoms in total. The van der Waals surface area contributed by atoms with Gasteiger partial charge >= 0.3 is 0 Å². The zero-order chi connectivity index (χ0) is 9.30. The van der Waals surface area contributed by atoms with E-state index in [2.05, 4.69) is 0 Å². The molecule has 0 aliphatic rings. The average Bonchev–Trinajstić information content (AvgIpc) is 1.96. The van der Waals surface area contributed by atoms with Crippen LogP contribution in [0.3, 0.4) is 0 Å². The van der Waals surface area contributed by atoms with E-state index < -0.39 is 22.6 Å². The van der Waals surface area contributed by atoms with E-state index in [1.165, 1.54) is 0 Å². The smallest absolute Gasteiger partial charge is 0.250 e. The topological polar surface area (TPSA) is 43.1 Å². The van der Waals surface area contributed by atoms with Crippen molar-refractivity contribution in [3.05, 3.63) is 34.4 Å². The van der Waals surface area contributed by atoms with Crippen molar-refractivity contribution >= 4 is 17.5 Å². The molecule has 0 aliphatic heterocycles. The Hall–Kier alpha value is -1.16. The Bertz CT molecular complexity index is 340. The van der Waals surface area contributed by atoms with E-state index in [1.807, 2.05) is 0 Å². The van der Waals surface area contributed by atoms with Crippen LogP contribution in [0.25, 0.3) is 0 Å². The maximum absolute atomic E-state index is 12.6. The van der Waals surface area contributed by atoms with E-state index >= 15 is 0 Å². The van der Waals surface area contributed by atoms with Crippen LogP contribution in [0.4, 0.5) is 8.78 Å². The van der Waals surface area contributed by atoms with Crippen LogP contribution in [-0.4, -0.2) is 5.91 Å². The molecule has 0 heterocycles. The number of rotatable bonds is 1. The average molecular weight is 192 g/mol. The highest BCUT2D eigenvalue weighted by molar-refractivity contribution is 6.33. The number of hydrogen-bond acceptors (Lipinski definition) is 1. The molecule has 64 valence electrons. The van der Waals surface area contributed by atoms with Gasteiger partial charge in [-0.15, -0.1) is 0 Å². The third kappa shape index (κ3) is 1.53. The minimum Gasteiger partial charge on any atom is -0.366 e. The molecule has 0 radical (unpaired) electrons. The molecular formula is C7H4ClF2NO. The summed E-state index contributed by atoms with van der Waals surface area (Å²) in [6.45, 7) is 0. The molecular weight excluding hydrogens is 188 g/mol. The molecule has 0 aliphatic carbocycles. The van der Waals surface area contributed by atoms with Gasteiger partial charge in [0.2, 0.25) is 5.91 Å². The number of nitrogens with two attached hydrogens (primary N) is 1. The van der Waals surface area contributed by atoms with Crippen molar-refractivity contribution < 1.29 is 13.6 Å². The Morgan fingerprint density at radius 3 is 2.50 bits per heavy atom. The van der Waals surface area contributed by atoms with Crippen LogP contribution in [-0.2, 0) is 0 Å². The van der Waals surface area contributed by atoms with Crippen LogP contribution in [0.5, 0.6) is 0 Å². The van der Waals surface area contributed by atoms with Crippen molar-refractivity contribution in [1.29, 1.82) is 0 Å². The number of benzene rings is 1. The van der Waals surface area contributed by atoms with Gasteiger partial charge in [-0.25, -0.2) is 8.78 Å². The standard InChI is InChI=1S/C7H4ClF2NO/c8-6-4(7(11)12)1-3(9)2-5(6)10/h1-2H,(H2,11,12). The lowest BCUT2D eigenvalue weighted by atomic mass is 10.2. The first-order valence-electron chi connectivity index (χ1n) is 2.96. The van der Waals surface area contributed by atoms with Crippen molar-refractivity contribution in [2.45, 2.75) is 0 Å². The molecule has 0 atom stereocenters. The summed E-state index contributed by atoms with van der Waals surface area (Å²) in [7, 11) is 0. The fourth-order valence-electron chi connectivity index (χ4n) is 0.735. The van der Waals surface area contributed by atoms with E-state index in [1.54, 1.807) is 0 Å². The van der Waals surface area contributed by atoms with Crippen molar-refractivity contribution in [3.63, 3.8) is 0 Å². The molecule has 0 aromatic heterocycles. The zero-order valence-corrected chi connectivity index (χ0v) is 6.53. The maximum Gasteiger partial charge on any atom is 0.250 e. The van der Waals surface area contributed by atoms with Gasteiger partial charge in [0.15, 0.2) is 0 Å². The number of primary amides is 1. The van der Waals surface area contributed by atoms with E-state index in [-0.39, 0.29) is 5.56 Å². The molecule has 2 N–H and O–H groups in total. The molecule has 0 saturated carbocycles. The minimum atomic E-state index is -0.995. The Balaban J connectivity index is 3.37. The molecule has 1 amide bonds. The fraction of sp³-hybridized carbons (Fsp3) is 0. The Morgan fingerprint density at radius 1 is 1.42 bits per heavy atom. The van der Waals surface area contributed by atoms with E-state index in [9.17, 15) is 13.6 Å². The van der Waals surface area contributed by atoms with Crippen molar-refractivity contribution in [3.8, 4) is 0 Å². The summed E-state index contributed by atoms with van der Waals surface area (Å²) in [6.07, 6.45) is 0. The normalized spacial score (nSPS) is 9.92. The number of carbonyl (C=O) groups is 1. The van der Waals surface area contributed by atoms with E-state index in [0.29, 0.717) is 6.07 Å². The summed E-state index contributed by atoms with van der Waals surface area (Å²) in [5.74, 6) is -2.84. The third-order valence-electron chi connectivity index (χ3n) is 1.26. The molecule has 1 aromatic carbocycles. The summed E-state index contributed by atoms with van der Waals surface area (Å²) >= 11 is 5.32. The number of hydrogen-bond donors (Lipinski definition) is 1. The largest absolute Gasteiger partial charge is 0.366 e. The first-order chi connectivity index (χ1) is 5.52. The zero-order valence-electron chi connectivity index (χ0n) is 5.77. The van der Waals surface area contributed by atoms with E-state index in [4.69, 9.17) is 17.3 Å². The summed E-state index contributed by atoms with van der Waals surface area (Å²) in [5, 5.41) is -0.455. The minimum absolute atomic E-state index is 0.353. The van der Waals surface area contributed by atoms with E-state index in [0.717, 1.165) is 6.07 Å². The van der Waals surface area contributed by atoms with Gasteiger partial charge in [-0.1, -0.05) is 11.6 Å². The predicted molar refractivity (Wildman–Crippen MR) is 39.9 cm³/mol. The lowest BCUT2D eigenvalue weighted by Gasteiger charge is -2.00. The molecule has 5 heteroatoms. The van der Waals surface area contributed by atoms with Gasteiger partial charge in [-0.3, -0.25) is 4.79 Å². The van der Waals surface area contributed by atoms with Gasteiger partial charge in [0.05, 0.1) is 10.6 Å². The monoisotopic (exact) mass is 191 g/mol. The van der Waals surface area contributed by atoms with Gasteiger partial charge in [0.25, 0.3) is 0 Å². The summed E-state index contributed by atoms with van der Waals surface area (Å²) < 4.78 is 25.1. The molecule has 1 aromatic rings. The molecule has 12 heavy (non-hydrogen) atoms. The van der Waals surface area contributed by atoms with Crippen molar-refractivity contribution in [2.75, 3.05) is 0 Å². The van der Waals surface area contributed by atoms with Crippen LogP contribution in [0.15, 0.2) is 12.1 Å². The Labute approximate surface area is 71.9 Å². The molecule has 0 fully saturated rings. The highest BCUT2D eigenvalue weighted by Gasteiger charge is 2.12. The van der Waals surface area contributed by atoms with Gasteiger partial charge in [-0.05, 0) is 6.07 Å². The second-order valence-electron chi connectivity index (χ2n) is 2.11. The summed E-state index contributed by atoms with van der Waals surface area (Å²) in [4.78, 5) is 10.5. The Morgan fingerprint density at radius 2 is 2.00 bits per heavy atom. The van der Waals surface area contributed by atoms with Crippen molar-refractivity contribution in [1.82, 2.24) is 0 Å². The maximum atomic E-state index is 12.6.